The lowest BCUT2D eigenvalue weighted by Gasteiger charge is -2.35. The highest BCUT2D eigenvalue weighted by molar-refractivity contribution is 8.01. The SMILES string of the molecule is CS(=O)(=O)O[P+](c1ccccc1)(c1ccccc1)c1ccc(Cc2ccc3c(n2)C2CCCC=C32)cc1. The zero-order valence-electron chi connectivity index (χ0n) is 20.7. The largest absolute Gasteiger partial charge is 0.297 e. The summed E-state index contributed by atoms with van der Waals surface area (Å²) in [6.45, 7) is 0. The van der Waals surface area contributed by atoms with Crippen molar-refractivity contribution in [2.24, 2.45) is 0 Å². The maximum Gasteiger partial charge on any atom is 0.297 e. The second-order valence-electron chi connectivity index (χ2n) is 9.78. The van der Waals surface area contributed by atoms with E-state index >= 15 is 0 Å². The van der Waals surface area contributed by atoms with E-state index in [0.29, 0.717) is 5.92 Å². The summed E-state index contributed by atoms with van der Waals surface area (Å²) in [6, 6.07) is 32.0. The van der Waals surface area contributed by atoms with E-state index in [9.17, 15) is 8.42 Å². The Bertz CT molecular complexity index is 1530. The molecule has 4 nitrogen and oxygen atoms in total. The average molecular weight is 527 g/mol. The van der Waals surface area contributed by atoms with Crippen molar-refractivity contribution >= 4 is 39.1 Å². The van der Waals surface area contributed by atoms with Crippen LogP contribution in [0.3, 0.4) is 0 Å². The minimum atomic E-state index is -3.76. The third-order valence-electron chi connectivity index (χ3n) is 7.23. The Morgan fingerprint density at radius 2 is 1.46 bits per heavy atom. The third-order valence-corrected chi connectivity index (χ3v) is 12.3. The second-order valence-corrected chi connectivity index (χ2v) is 14.6. The standard InChI is InChI=1S/C31H29NO3PS/c1-37(33,34)35-36(25-10-4-2-5-11-25,26-12-6-3-7-13-26)27-19-16-23(17-20-27)22-24-18-21-30-28-14-8-9-15-29(28)31(30)32-24/h2-7,10-14,16-21,29H,8-9,15,22H2,1H3/q+1. The maximum absolute atomic E-state index is 12.6. The zero-order valence-corrected chi connectivity index (χ0v) is 22.5. The molecule has 6 heteroatoms. The Morgan fingerprint density at radius 3 is 2.08 bits per heavy atom. The molecule has 0 fully saturated rings. The smallest absolute Gasteiger partial charge is 0.256 e. The normalized spacial score (nSPS) is 16.8. The van der Waals surface area contributed by atoms with E-state index in [-0.39, 0.29) is 0 Å². The molecule has 6 rings (SSSR count). The first-order valence-corrected chi connectivity index (χ1v) is 16.2. The topological polar surface area (TPSA) is 56.3 Å². The fraction of sp³-hybridized carbons (Fsp3) is 0.194. The van der Waals surface area contributed by atoms with Crippen LogP contribution in [0, 0.1) is 0 Å². The summed E-state index contributed by atoms with van der Waals surface area (Å²) in [5.41, 5.74) is 6.25. The number of pyridine rings is 1. The van der Waals surface area contributed by atoms with Crippen molar-refractivity contribution < 1.29 is 12.4 Å². The molecular formula is C31H29NO3PS+. The lowest BCUT2D eigenvalue weighted by atomic mass is 9.70. The number of hydrogen-bond acceptors (Lipinski definition) is 4. The Morgan fingerprint density at radius 1 is 0.838 bits per heavy atom. The first-order valence-electron chi connectivity index (χ1n) is 12.7. The zero-order chi connectivity index (χ0) is 25.5. The number of allylic oxidation sites excluding steroid dienone is 2. The molecule has 1 heterocycles. The van der Waals surface area contributed by atoms with E-state index in [0.717, 1.165) is 39.8 Å². The van der Waals surface area contributed by atoms with Crippen molar-refractivity contribution in [3.8, 4) is 0 Å². The third kappa shape index (κ3) is 4.57. The van der Waals surface area contributed by atoms with Crippen molar-refractivity contribution in [1.29, 1.82) is 0 Å². The molecule has 0 amide bonds. The molecule has 0 saturated heterocycles. The lowest BCUT2D eigenvalue weighted by molar-refractivity contribution is 0.517. The average Bonchev–Trinajstić information content (AvgIpc) is 2.91. The summed E-state index contributed by atoms with van der Waals surface area (Å²) < 4.78 is 31.4. The van der Waals surface area contributed by atoms with E-state index in [1.54, 1.807) is 0 Å². The highest BCUT2D eigenvalue weighted by Gasteiger charge is 2.51. The molecule has 0 N–H and O–H groups in total. The summed E-state index contributed by atoms with van der Waals surface area (Å²) in [5, 5.41) is 2.58. The van der Waals surface area contributed by atoms with Crippen LogP contribution in [0.15, 0.2) is 103 Å². The first-order chi connectivity index (χ1) is 17.9. The van der Waals surface area contributed by atoms with Crippen LogP contribution in [0.1, 0.15) is 47.7 Å². The number of hydrogen-bond donors (Lipinski definition) is 0. The van der Waals surface area contributed by atoms with Crippen molar-refractivity contribution in [1.82, 2.24) is 4.98 Å². The van der Waals surface area contributed by atoms with Gasteiger partial charge in [0, 0.05) is 23.6 Å². The fourth-order valence-electron chi connectivity index (χ4n) is 5.59. The van der Waals surface area contributed by atoms with Gasteiger partial charge in [0.05, 0.1) is 11.9 Å². The molecule has 186 valence electrons. The molecule has 0 aliphatic heterocycles. The number of aromatic nitrogens is 1. The van der Waals surface area contributed by atoms with Crippen molar-refractivity contribution in [2.45, 2.75) is 31.6 Å². The predicted octanol–water partition coefficient (Wildman–Crippen LogP) is 5.52. The van der Waals surface area contributed by atoms with Gasteiger partial charge in [-0.15, -0.1) is 0 Å². The lowest BCUT2D eigenvalue weighted by Crippen LogP contribution is -2.34. The van der Waals surface area contributed by atoms with Gasteiger partial charge in [0.25, 0.3) is 17.6 Å². The summed E-state index contributed by atoms with van der Waals surface area (Å²) in [5.74, 6) is 0.515. The number of benzene rings is 3. The van der Waals surface area contributed by atoms with Crippen LogP contribution in [0.5, 0.6) is 0 Å². The second kappa shape index (κ2) is 9.64. The van der Waals surface area contributed by atoms with Crippen LogP contribution in [0.2, 0.25) is 0 Å². The van der Waals surface area contributed by atoms with Crippen LogP contribution in [-0.2, 0) is 20.5 Å². The van der Waals surface area contributed by atoms with Crippen LogP contribution in [-0.4, -0.2) is 19.7 Å². The molecule has 0 bridgehead atoms. The molecule has 2 aliphatic rings. The van der Waals surface area contributed by atoms with E-state index in [1.807, 2.05) is 72.8 Å². The van der Waals surface area contributed by atoms with Gasteiger partial charge in [-0.05, 0) is 72.9 Å². The Balaban J connectivity index is 1.37. The molecule has 0 spiro atoms. The van der Waals surface area contributed by atoms with E-state index < -0.39 is 17.6 Å². The van der Waals surface area contributed by atoms with E-state index in [1.165, 1.54) is 36.1 Å². The molecule has 1 aromatic heterocycles. The molecule has 1 unspecified atom stereocenters. The van der Waals surface area contributed by atoms with Gasteiger partial charge in [0.15, 0.2) is 0 Å². The highest BCUT2D eigenvalue weighted by atomic mass is 32.2. The van der Waals surface area contributed by atoms with Crippen molar-refractivity contribution in [3.05, 3.63) is 126 Å². The van der Waals surface area contributed by atoms with Gasteiger partial charge in [-0.3, -0.25) is 4.98 Å². The molecule has 3 aromatic carbocycles. The molecular weight excluding hydrogens is 497 g/mol. The van der Waals surface area contributed by atoms with Gasteiger partial charge < -0.3 is 0 Å². The van der Waals surface area contributed by atoms with Crippen molar-refractivity contribution in [3.63, 3.8) is 0 Å². The van der Waals surface area contributed by atoms with Gasteiger partial charge in [0.1, 0.15) is 15.9 Å². The van der Waals surface area contributed by atoms with Gasteiger partial charge in [-0.2, -0.15) is 8.42 Å². The van der Waals surface area contributed by atoms with Crippen molar-refractivity contribution in [2.75, 3.05) is 6.26 Å². The van der Waals surface area contributed by atoms with Crippen LogP contribution in [0.4, 0.5) is 0 Å². The molecule has 0 saturated carbocycles. The Hall–Kier alpha value is -3.11. The summed E-state index contributed by atoms with van der Waals surface area (Å²) in [6.07, 6.45) is 7.86. The highest BCUT2D eigenvalue weighted by Crippen LogP contribution is 2.57. The van der Waals surface area contributed by atoms with Gasteiger partial charge in [-0.25, -0.2) is 0 Å². The Labute approximate surface area is 219 Å². The molecule has 37 heavy (non-hydrogen) atoms. The fourth-order valence-corrected chi connectivity index (χ4v) is 10.9. The van der Waals surface area contributed by atoms with Gasteiger partial charge in [-0.1, -0.05) is 64.6 Å². The van der Waals surface area contributed by atoms with Crippen LogP contribution in [0.25, 0.3) is 5.57 Å². The minimum absolute atomic E-state index is 0.515. The van der Waals surface area contributed by atoms with Gasteiger partial charge in [0.2, 0.25) is 0 Å². The monoisotopic (exact) mass is 526 g/mol. The molecule has 1 atom stereocenters. The summed E-state index contributed by atoms with van der Waals surface area (Å²) in [4.78, 5) is 5.02. The molecule has 0 radical (unpaired) electrons. The van der Waals surface area contributed by atoms with Gasteiger partial charge >= 0.3 is 0 Å². The van der Waals surface area contributed by atoms with E-state index in [2.05, 4.69) is 30.3 Å². The summed E-state index contributed by atoms with van der Waals surface area (Å²) in [7, 11) is -6.67. The summed E-state index contributed by atoms with van der Waals surface area (Å²) >= 11 is 0. The van der Waals surface area contributed by atoms with Crippen LogP contribution >= 0.6 is 7.49 Å². The maximum atomic E-state index is 12.6. The number of fused-ring (bicyclic) bond motifs is 4. The predicted molar refractivity (Wildman–Crippen MR) is 153 cm³/mol. The minimum Gasteiger partial charge on any atom is -0.256 e. The van der Waals surface area contributed by atoms with Crippen LogP contribution < -0.4 is 15.9 Å². The number of rotatable bonds is 7. The first kappa shape index (κ1) is 24.2. The molecule has 4 aromatic rings. The number of nitrogens with zero attached hydrogens (tertiary/aromatic N) is 1. The quantitative estimate of drug-likeness (QED) is 0.298. The Kier molecular flexibility index (Phi) is 6.32. The molecule has 2 aliphatic carbocycles. The van der Waals surface area contributed by atoms with E-state index in [4.69, 9.17) is 8.95 Å².